The van der Waals surface area contributed by atoms with Crippen molar-refractivity contribution in [1.29, 1.82) is 0 Å². The van der Waals surface area contributed by atoms with E-state index in [2.05, 4.69) is 13.8 Å². The fourth-order valence-electron chi connectivity index (χ4n) is 2.06. The van der Waals surface area contributed by atoms with Gasteiger partial charge in [-0.1, -0.05) is 47.6 Å². The average Bonchev–Trinajstić information content (AvgIpc) is 2.76. The van der Waals surface area contributed by atoms with Gasteiger partial charge in [0.1, 0.15) is 0 Å². The summed E-state index contributed by atoms with van der Waals surface area (Å²) in [6.45, 7) is 8.31. The summed E-state index contributed by atoms with van der Waals surface area (Å²) < 4.78 is 5.64. The SMILES string of the molecule is CC.COC1C(c2ccc([N+](=O)[O-])cc2)SSC1(C)C. The van der Waals surface area contributed by atoms with Crippen LogP contribution in [0.1, 0.15) is 38.5 Å². The Kier molecular flexibility index (Phi) is 6.36. The second kappa shape index (κ2) is 7.33. The Bertz CT molecular complexity index is 448. The molecule has 0 radical (unpaired) electrons. The zero-order valence-corrected chi connectivity index (χ0v) is 14.1. The monoisotopic (exact) mass is 315 g/mol. The molecular formula is C14H21NO3S2. The summed E-state index contributed by atoms with van der Waals surface area (Å²) in [7, 11) is 5.29. The molecule has 0 bridgehead atoms. The third kappa shape index (κ3) is 3.68. The number of methoxy groups -OCH3 is 1. The Hall–Kier alpha value is -0.720. The topological polar surface area (TPSA) is 52.4 Å². The highest BCUT2D eigenvalue weighted by molar-refractivity contribution is 8.77. The molecule has 1 fully saturated rings. The number of non-ortho nitro benzene ring substituents is 1. The van der Waals surface area contributed by atoms with Crippen molar-refractivity contribution in [3.63, 3.8) is 0 Å². The van der Waals surface area contributed by atoms with Gasteiger partial charge in [0.15, 0.2) is 0 Å². The van der Waals surface area contributed by atoms with Gasteiger partial charge in [0.25, 0.3) is 5.69 Å². The molecule has 1 heterocycles. The zero-order valence-electron chi connectivity index (χ0n) is 12.5. The fourth-order valence-corrected chi connectivity index (χ4v) is 5.62. The fraction of sp³-hybridized carbons (Fsp3) is 0.571. The molecule has 2 atom stereocenters. The molecular weight excluding hydrogens is 294 g/mol. The molecule has 1 aromatic rings. The van der Waals surface area contributed by atoms with Crippen LogP contribution in [0.2, 0.25) is 0 Å². The first-order valence-corrected chi connectivity index (χ1v) is 8.78. The minimum atomic E-state index is -0.377. The maximum atomic E-state index is 10.6. The molecule has 2 unspecified atom stereocenters. The second-order valence-electron chi connectivity index (χ2n) is 4.71. The molecule has 0 aliphatic carbocycles. The third-order valence-electron chi connectivity index (χ3n) is 3.01. The predicted octanol–water partition coefficient (Wildman–Crippen LogP) is 4.85. The van der Waals surface area contributed by atoms with Gasteiger partial charge in [0.05, 0.1) is 16.3 Å². The van der Waals surface area contributed by atoms with E-state index >= 15 is 0 Å². The van der Waals surface area contributed by atoms with E-state index in [0.29, 0.717) is 0 Å². The standard InChI is InChI=1S/C12H15NO3S2.C2H6/c1-12(2)11(16-3)10(17-18-12)8-4-6-9(7-5-8)13(14)15;1-2/h4-7,10-11H,1-3H3;1-2H3. The lowest BCUT2D eigenvalue weighted by molar-refractivity contribution is -0.384. The molecule has 6 heteroatoms. The van der Waals surface area contributed by atoms with Crippen molar-refractivity contribution in [3.05, 3.63) is 39.9 Å². The number of rotatable bonds is 3. The Morgan fingerprint density at radius 3 is 2.25 bits per heavy atom. The number of hydrogen-bond acceptors (Lipinski definition) is 5. The van der Waals surface area contributed by atoms with E-state index in [1.54, 1.807) is 40.8 Å². The van der Waals surface area contributed by atoms with Crippen molar-refractivity contribution in [2.24, 2.45) is 0 Å². The molecule has 1 aliphatic heterocycles. The summed E-state index contributed by atoms with van der Waals surface area (Å²) in [4.78, 5) is 10.3. The molecule has 2 rings (SSSR count). The lowest BCUT2D eigenvalue weighted by Crippen LogP contribution is -2.33. The van der Waals surface area contributed by atoms with Gasteiger partial charge in [-0.25, -0.2) is 0 Å². The summed E-state index contributed by atoms with van der Waals surface area (Å²) in [6, 6.07) is 6.75. The summed E-state index contributed by atoms with van der Waals surface area (Å²) in [5.74, 6) is 0. The van der Waals surface area contributed by atoms with Crippen LogP contribution in [0, 0.1) is 10.1 Å². The minimum absolute atomic E-state index is 0.0475. The molecule has 1 aromatic carbocycles. The van der Waals surface area contributed by atoms with Gasteiger partial charge in [-0.3, -0.25) is 10.1 Å². The van der Waals surface area contributed by atoms with Gasteiger partial charge in [-0.05, 0) is 19.4 Å². The first-order valence-electron chi connectivity index (χ1n) is 6.57. The molecule has 0 saturated carbocycles. The number of nitrogens with zero attached hydrogens (tertiary/aromatic N) is 1. The van der Waals surface area contributed by atoms with Crippen LogP contribution in [0.3, 0.4) is 0 Å². The zero-order chi connectivity index (χ0) is 15.3. The summed E-state index contributed by atoms with van der Waals surface area (Å²) >= 11 is 0. The molecule has 1 aliphatic rings. The summed E-state index contributed by atoms with van der Waals surface area (Å²) in [5, 5.41) is 10.8. The highest BCUT2D eigenvalue weighted by Gasteiger charge is 2.44. The predicted molar refractivity (Wildman–Crippen MR) is 87.2 cm³/mol. The number of benzene rings is 1. The van der Waals surface area contributed by atoms with Crippen molar-refractivity contribution >= 4 is 27.3 Å². The van der Waals surface area contributed by atoms with Gasteiger partial charge in [-0.15, -0.1) is 0 Å². The lowest BCUT2D eigenvalue weighted by atomic mass is 9.97. The smallest absolute Gasteiger partial charge is 0.269 e. The Labute approximate surface area is 128 Å². The van der Waals surface area contributed by atoms with Crippen LogP contribution in [0.5, 0.6) is 0 Å². The highest BCUT2D eigenvalue weighted by atomic mass is 33.1. The van der Waals surface area contributed by atoms with Crippen LogP contribution < -0.4 is 0 Å². The van der Waals surface area contributed by atoms with Gasteiger partial charge in [-0.2, -0.15) is 0 Å². The van der Waals surface area contributed by atoms with Gasteiger partial charge in [0, 0.05) is 24.0 Å². The van der Waals surface area contributed by atoms with Crippen molar-refractivity contribution in [3.8, 4) is 0 Å². The van der Waals surface area contributed by atoms with Crippen LogP contribution in [0.4, 0.5) is 5.69 Å². The van der Waals surface area contributed by atoms with Crippen molar-refractivity contribution in [2.45, 2.75) is 43.8 Å². The van der Waals surface area contributed by atoms with Gasteiger partial charge >= 0.3 is 0 Å². The van der Waals surface area contributed by atoms with Crippen LogP contribution in [0.15, 0.2) is 24.3 Å². The van der Waals surface area contributed by atoms with Crippen molar-refractivity contribution < 1.29 is 9.66 Å². The molecule has 1 saturated heterocycles. The van der Waals surface area contributed by atoms with Gasteiger partial charge < -0.3 is 4.74 Å². The summed E-state index contributed by atoms with van der Waals surface area (Å²) in [5.41, 5.74) is 1.21. The number of nitro benzene ring substituents is 1. The van der Waals surface area contributed by atoms with Crippen LogP contribution >= 0.6 is 21.6 Å². The van der Waals surface area contributed by atoms with Crippen LogP contribution in [0.25, 0.3) is 0 Å². The molecule has 0 spiro atoms. The number of hydrogen-bond donors (Lipinski definition) is 0. The first-order chi connectivity index (χ1) is 9.45. The quantitative estimate of drug-likeness (QED) is 0.453. The van der Waals surface area contributed by atoms with E-state index < -0.39 is 0 Å². The van der Waals surface area contributed by atoms with E-state index in [0.717, 1.165) is 5.56 Å². The molecule has 4 nitrogen and oxygen atoms in total. The van der Waals surface area contributed by atoms with Crippen molar-refractivity contribution in [1.82, 2.24) is 0 Å². The van der Waals surface area contributed by atoms with Gasteiger partial charge in [0.2, 0.25) is 0 Å². The maximum Gasteiger partial charge on any atom is 0.269 e. The largest absolute Gasteiger partial charge is 0.378 e. The summed E-state index contributed by atoms with van der Waals surface area (Å²) in [6.07, 6.45) is 0.106. The van der Waals surface area contributed by atoms with E-state index in [1.165, 1.54) is 0 Å². The first kappa shape index (κ1) is 17.3. The lowest BCUT2D eigenvalue weighted by Gasteiger charge is -2.26. The van der Waals surface area contributed by atoms with Crippen LogP contribution in [-0.2, 0) is 4.74 Å². The Morgan fingerprint density at radius 2 is 1.80 bits per heavy atom. The van der Waals surface area contributed by atoms with Crippen LogP contribution in [-0.4, -0.2) is 22.9 Å². The Morgan fingerprint density at radius 1 is 1.25 bits per heavy atom. The number of nitro groups is 1. The minimum Gasteiger partial charge on any atom is -0.378 e. The van der Waals surface area contributed by atoms with E-state index in [4.69, 9.17) is 4.74 Å². The number of ether oxygens (including phenoxy) is 1. The van der Waals surface area contributed by atoms with E-state index in [1.807, 2.05) is 26.0 Å². The molecule has 20 heavy (non-hydrogen) atoms. The molecule has 0 N–H and O–H groups in total. The molecule has 0 aromatic heterocycles. The normalized spacial score (nSPS) is 23.9. The Balaban J connectivity index is 0.000000956. The third-order valence-corrected chi connectivity index (χ3v) is 6.70. The average molecular weight is 315 g/mol. The molecule has 0 amide bonds. The van der Waals surface area contributed by atoms with E-state index in [-0.39, 0.29) is 26.7 Å². The van der Waals surface area contributed by atoms with Crippen molar-refractivity contribution in [2.75, 3.05) is 7.11 Å². The highest BCUT2D eigenvalue weighted by Crippen LogP contribution is 2.58. The maximum absolute atomic E-state index is 10.6. The van der Waals surface area contributed by atoms with E-state index in [9.17, 15) is 10.1 Å². The molecule has 112 valence electrons. The second-order valence-corrected chi connectivity index (χ2v) is 7.71.